The summed E-state index contributed by atoms with van der Waals surface area (Å²) < 4.78 is 31.1. The van der Waals surface area contributed by atoms with Crippen LogP contribution in [0.15, 0.2) is 0 Å². The second-order valence-corrected chi connectivity index (χ2v) is 6.06. The number of hydrogen-bond acceptors (Lipinski definition) is 6. The third-order valence-electron chi connectivity index (χ3n) is 2.98. The average Bonchev–Trinajstić information content (AvgIpc) is 2.43. The molecule has 0 aromatic heterocycles. The number of nitrogens with one attached hydrogen (secondary N) is 1. The van der Waals surface area contributed by atoms with Crippen molar-refractivity contribution in [2.45, 2.75) is 31.4 Å². The van der Waals surface area contributed by atoms with Gasteiger partial charge in [-0.1, -0.05) is 0 Å². The van der Waals surface area contributed by atoms with Gasteiger partial charge in [-0.05, 0) is 19.3 Å². The number of hydrogen-bond donors (Lipinski definition) is 3. The molecule has 0 bridgehead atoms. The maximum Gasteiger partial charge on any atom is 0.336 e. The fourth-order valence-electron chi connectivity index (χ4n) is 1.93. The van der Waals surface area contributed by atoms with Crippen LogP contribution in [-0.2, 0) is 24.5 Å². The molecule has 0 amide bonds. The fraction of sp³-hybridized carbons (Fsp3) is 0.800. The largest absolute Gasteiger partial charge is 0.480 e. The van der Waals surface area contributed by atoms with E-state index in [0.717, 1.165) is 11.4 Å². The zero-order chi connectivity index (χ0) is 15.3. The van der Waals surface area contributed by atoms with E-state index in [9.17, 15) is 23.1 Å². The second kappa shape index (κ2) is 6.97. The Hall–Kier alpha value is -1.23. The van der Waals surface area contributed by atoms with E-state index in [0.29, 0.717) is 12.8 Å². The van der Waals surface area contributed by atoms with Crippen molar-refractivity contribution in [1.82, 2.24) is 9.03 Å². The molecule has 0 aromatic carbocycles. The minimum atomic E-state index is -4.08. The summed E-state index contributed by atoms with van der Waals surface area (Å²) in [5.74, 6) is -2.19. The molecule has 2 unspecified atom stereocenters. The van der Waals surface area contributed by atoms with Crippen molar-refractivity contribution in [2.24, 2.45) is 0 Å². The van der Waals surface area contributed by atoms with Gasteiger partial charge in [-0.2, -0.15) is 17.4 Å². The highest BCUT2D eigenvalue weighted by Crippen LogP contribution is 2.19. The van der Waals surface area contributed by atoms with Gasteiger partial charge >= 0.3 is 11.9 Å². The maximum atomic E-state index is 12.0. The number of aliphatic hydroxyl groups is 1. The molecule has 1 heterocycles. The van der Waals surface area contributed by atoms with E-state index in [-0.39, 0.29) is 13.0 Å². The summed E-state index contributed by atoms with van der Waals surface area (Å²) in [4.78, 5) is 22.0. The molecule has 116 valence electrons. The Balaban J connectivity index is 2.71. The van der Waals surface area contributed by atoms with Gasteiger partial charge in [0.05, 0.1) is 7.11 Å². The molecule has 10 heteroatoms. The van der Waals surface area contributed by atoms with Gasteiger partial charge in [0, 0.05) is 13.1 Å². The number of nitrogens with zero attached hydrogens (tertiary/aromatic N) is 1. The third kappa shape index (κ3) is 4.13. The summed E-state index contributed by atoms with van der Waals surface area (Å²) >= 11 is 0. The van der Waals surface area contributed by atoms with Gasteiger partial charge in [0.2, 0.25) is 0 Å². The predicted molar refractivity (Wildman–Crippen MR) is 66.9 cm³/mol. The van der Waals surface area contributed by atoms with Crippen LogP contribution in [0.3, 0.4) is 0 Å². The number of methoxy groups -OCH3 is 1. The van der Waals surface area contributed by atoms with Crippen molar-refractivity contribution in [2.75, 3.05) is 20.2 Å². The number of esters is 1. The Bertz CT molecular complexity index is 464. The normalized spacial score (nSPS) is 22.2. The molecule has 0 aliphatic carbocycles. The SMILES string of the molecule is COC(=O)C(O)CNS(=O)(=O)N1CCCCC1C(=O)O. The number of aliphatic hydroxyl groups excluding tert-OH is 1. The molecular weight excluding hydrogens is 292 g/mol. The molecule has 0 radical (unpaired) electrons. The lowest BCUT2D eigenvalue weighted by Gasteiger charge is -2.31. The second-order valence-electron chi connectivity index (χ2n) is 4.35. The maximum absolute atomic E-state index is 12.0. The highest BCUT2D eigenvalue weighted by molar-refractivity contribution is 7.87. The molecule has 20 heavy (non-hydrogen) atoms. The number of carbonyl (C=O) groups is 2. The van der Waals surface area contributed by atoms with Gasteiger partial charge in [0.15, 0.2) is 6.10 Å². The van der Waals surface area contributed by atoms with E-state index in [2.05, 4.69) is 4.74 Å². The minimum absolute atomic E-state index is 0.0839. The number of carboxylic acid groups (broad SMARTS) is 1. The first kappa shape index (κ1) is 16.8. The standard InChI is InChI=1S/C10H18N2O7S/c1-19-10(16)8(13)6-11-20(17,18)12-5-3-2-4-7(12)9(14)15/h7-8,11,13H,2-6H2,1H3,(H,14,15). The van der Waals surface area contributed by atoms with Crippen LogP contribution >= 0.6 is 0 Å². The smallest absolute Gasteiger partial charge is 0.336 e. The van der Waals surface area contributed by atoms with Gasteiger partial charge in [0.1, 0.15) is 6.04 Å². The molecule has 1 saturated heterocycles. The van der Waals surface area contributed by atoms with E-state index in [1.54, 1.807) is 0 Å². The predicted octanol–water partition coefficient (Wildman–Crippen LogP) is -1.71. The summed E-state index contributed by atoms with van der Waals surface area (Å²) in [5, 5.41) is 18.3. The van der Waals surface area contributed by atoms with E-state index < -0.39 is 40.8 Å². The monoisotopic (exact) mass is 310 g/mol. The summed E-state index contributed by atoms with van der Waals surface area (Å²) in [6.07, 6.45) is -0.212. The van der Waals surface area contributed by atoms with Gasteiger partial charge in [-0.25, -0.2) is 4.79 Å². The summed E-state index contributed by atoms with van der Waals surface area (Å²) in [7, 11) is -3.02. The Kier molecular flexibility index (Phi) is 5.87. The quantitative estimate of drug-likeness (QED) is 0.498. The topological polar surface area (TPSA) is 133 Å². The molecule has 1 aliphatic rings. The van der Waals surface area contributed by atoms with Gasteiger partial charge in [-0.15, -0.1) is 0 Å². The Morgan fingerprint density at radius 3 is 2.65 bits per heavy atom. The lowest BCUT2D eigenvalue weighted by molar-refractivity contribution is -0.150. The number of aliphatic carboxylic acids is 1. The zero-order valence-corrected chi connectivity index (χ0v) is 11.8. The number of ether oxygens (including phenoxy) is 1. The molecule has 0 spiro atoms. The molecule has 9 nitrogen and oxygen atoms in total. The third-order valence-corrected chi connectivity index (χ3v) is 4.57. The molecule has 0 aromatic rings. The van der Waals surface area contributed by atoms with Crippen molar-refractivity contribution in [1.29, 1.82) is 0 Å². The van der Waals surface area contributed by atoms with Crippen LogP contribution in [0, 0.1) is 0 Å². The van der Waals surface area contributed by atoms with E-state index in [4.69, 9.17) is 5.11 Å². The Morgan fingerprint density at radius 2 is 2.10 bits per heavy atom. The first-order valence-corrected chi connectivity index (χ1v) is 7.48. The van der Waals surface area contributed by atoms with E-state index in [1.165, 1.54) is 0 Å². The van der Waals surface area contributed by atoms with Crippen molar-refractivity contribution in [3.05, 3.63) is 0 Å². The molecule has 1 aliphatic heterocycles. The highest BCUT2D eigenvalue weighted by Gasteiger charge is 2.37. The molecular formula is C10H18N2O7S. The van der Waals surface area contributed by atoms with E-state index in [1.807, 2.05) is 4.72 Å². The van der Waals surface area contributed by atoms with Crippen LogP contribution in [0.25, 0.3) is 0 Å². The van der Waals surface area contributed by atoms with Crippen LogP contribution in [0.2, 0.25) is 0 Å². The van der Waals surface area contributed by atoms with Crippen molar-refractivity contribution in [3.63, 3.8) is 0 Å². The number of piperidine rings is 1. The molecule has 3 N–H and O–H groups in total. The van der Waals surface area contributed by atoms with Crippen LogP contribution < -0.4 is 4.72 Å². The van der Waals surface area contributed by atoms with Crippen molar-refractivity contribution in [3.8, 4) is 0 Å². The number of carboxylic acids is 1. The number of carbonyl (C=O) groups excluding carboxylic acids is 1. The molecule has 1 rings (SSSR count). The summed E-state index contributed by atoms with van der Waals surface area (Å²) in [6.45, 7) is -0.488. The van der Waals surface area contributed by atoms with E-state index >= 15 is 0 Å². The fourth-order valence-corrected chi connectivity index (χ4v) is 3.36. The lowest BCUT2D eigenvalue weighted by atomic mass is 10.1. The van der Waals surface area contributed by atoms with Gasteiger partial charge < -0.3 is 14.9 Å². The van der Waals surface area contributed by atoms with Crippen LogP contribution in [0.4, 0.5) is 0 Å². The first-order valence-electron chi connectivity index (χ1n) is 6.04. The minimum Gasteiger partial charge on any atom is -0.480 e. The summed E-state index contributed by atoms with van der Waals surface area (Å²) in [5.41, 5.74) is 0. The molecule has 2 atom stereocenters. The number of rotatable bonds is 6. The first-order chi connectivity index (χ1) is 9.29. The zero-order valence-electron chi connectivity index (χ0n) is 11.0. The Morgan fingerprint density at radius 1 is 1.45 bits per heavy atom. The van der Waals surface area contributed by atoms with Gasteiger partial charge in [-0.3, -0.25) is 4.79 Å². The van der Waals surface area contributed by atoms with Crippen molar-refractivity contribution < 1.29 is 33.0 Å². The van der Waals surface area contributed by atoms with Gasteiger partial charge in [0.25, 0.3) is 10.2 Å². The van der Waals surface area contributed by atoms with Crippen LogP contribution in [0.5, 0.6) is 0 Å². The van der Waals surface area contributed by atoms with Crippen LogP contribution in [0.1, 0.15) is 19.3 Å². The lowest BCUT2D eigenvalue weighted by Crippen LogP contribution is -2.53. The Labute approximate surface area is 116 Å². The summed E-state index contributed by atoms with van der Waals surface area (Å²) in [6, 6.07) is -1.13. The highest BCUT2D eigenvalue weighted by atomic mass is 32.2. The van der Waals surface area contributed by atoms with Crippen molar-refractivity contribution >= 4 is 22.1 Å². The van der Waals surface area contributed by atoms with Crippen LogP contribution in [-0.4, -0.2) is 67.2 Å². The molecule has 0 saturated carbocycles. The average molecular weight is 310 g/mol. The molecule has 1 fully saturated rings.